The van der Waals surface area contributed by atoms with Crippen molar-refractivity contribution in [3.05, 3.63) is 71.0 Å². The minimum atomic E-state index is -4.48. The van der Waals surface area contributed by atoms with E-state index < -0.39 is 17.8 Å². The van der Waals surface area contributed by atoms with Gasteiger partial charge in [0.15, 0.2) is 0 Å². The number of hydrogen-bond acceptors (Lipinski definition) is 3. The summed E-state index contributed by atoms with van der Waals surface area (Å²) in [4.78, 5) is 12.3. The number of methoxy groups -OCH3 is 1. The van der Waals surface area contributed by atoms with Crippen LogP contribution < -0.4 is 15.4 Å². The molecule has 158 valence electrons. The molecule has 2 aromatic carbocycles. The molecule has 0 aliphatic heterocycles. The van der Waals surface area contributed by atoms with Crippen LogP contribution in [0.4, 0.5) is 29.3 Å². The Labute approximate surface area is 171 Å². The number of anilines is 2. The Morgan fingerprint density at radius 2 is 1.83 bits per heavy atom. The number of aryl methyl sites for hydroxylation is 1. The molecule has 2 N–H and O–H groups in total. The topological polar surface area (TPSA) is 68.2 Å². The van der Waals surface area contributed by atoms with E-state index in [1.165, 1.54) is 12.1 Å². The van der Waals surface area contributed by atoms with Crippen LogP contribution in [0.2, 0.25) is 0 Å². The Bertz CT molecular complexity index is 1060. The molecule has 0 bridgehead atoms. The SMILES string of the molecule is COc1cccc(Cn2nc(C)c(NC(=O)Nc3cccc(C(F)(F)F)c3)c2C)c1. The molecule has 0 saturated carbocycles. The summed E-state index contributed by atoms with van der Waals surface area (Å²) in [5, 5.41) is 9.55. The molecule has 0 unspecified atom stereocenters. The lowest BCUT2D eigenvalue weighted by Crippen LogP contribution is -2.20. The van der Waals surface area contributed by atoms with Gasteiger partial charge in [-0.1, -0.05) is 18.2 Å². The number of carbonyl (C=O) groups excluding carboxylic acids is 1. The standard InChI is InChI=1S/C21H21F3N4O2/c1-13-19(14(2)28(27-13)12-15-6-4-9-18(10-15)30-3)26-20(29)25-17-8-5-7-16(11-17)21(22,23)24/h4-11H,12H2,1-3H3,(H2,25,26,29). The quantitative estimate of drug-likeness (QED) is 0.597. The van der Waals surface area contributed by atoms with Gasteiger partial charge in [0.1, 0.15) is 5.75 Å². The van der Waals surface area contributed by atoms with Crippen LogP contribution in [-0.4, -0.2) is 22.9 Å². The summed E-state index contributed by atoms with van der Waals surface area (Å²) in [6, 6.07) is 11.3. The van der Waals surface area contributed by atoms with Crippen LogP contribution in [0, 0.1) is 13.8 Å². The number of ether oxygens (including phenoxy) is 1. The average molecular weight is 418 g/mol. The molecule has 0 saturated heterocycles. The van der Waals surface area contributed by atoms with Gasteiger partial charge in [-0.15, -0.1) is 0 Å². The lowest BCUT2D eigenvalue weighted by Gasteiger charge is -2.11. The Balaban J connectivity index is 1.73. The largest absolute Gasteiger partial charge is 0.497 e. The van der Waals surface area contributed by atoms with E-state index in [1.807, 2.05) is 24.3 Å². The normalized spacial score (nSPS) is 11.3. The second kappa shape index (κ2) is 8.48. The molecule has 0 fully saturated rings. The number of hydrogen-bond donors (Lipinski definition) is 2. The van der Waals surface area contributed by atoms with Crippen LogP contribution in [0.25, 0.3) is 0 Å². The molecular formula is C21H21F3N4O2. The van der Waals surface area contributed by atoms with Gasteiger partial charge in [-0.2, -0.15) is 18.3 Å². The van der Waals surface area contributed by atoms with Crippen molar-refractivity contribution in [2.75, 3.05) is 17.7 Å². The van der Waals surface area contributed by atoms with E-state index in [-0.39, 0.29) is 5.69 Å². The molecule has 9 heteroatoms. The number of alkyl halides is 3. The number of nitrogens with zero attached hydrogens (tertiary/aromatic N) is 2. The number of aromatic nitrogens is 2. The van der Waals surface area contributed by atoms with Crippen molar-refractivity contribution in [1.29, 1.82) is 0 Å². The van der Waals surface area contributed by atoms with Gasteiger partial charge in [0.05, 0.1) is 36.3 Å². The number of carbonyl (C=O) groups is 1. The zero-order chi connectivity index (χ0) is 21.9. The minimum absolute atomic E-state index is 0.0430. The number of rotatable bonds is 5. The second-order valence-electron chi connectivity index (χ2n) is 6.71. The molecular weight excluding hydrogens is 397 g/mol. The molecule has 6 nitrogen and oxygen atoms in total. The predicted molar refractivity (Wildman–Crippen MR) is 108 cm³/mol. The molecule has 3 rings (SSSR count). The summed E-state index contributed by atoms with van der Waals surface area (Å²) < 4.78 is 45.5. The first kappa shape index (κ1) is 21.2. The molecule has 0 atom stereocenters. The first-order valence-corrected chi connectivity index (χ1v) is 9.09. The number of nitrogens with one attached hydrogen (secondary N) is 2. The maximum Gasteiger partial charge on any atom is 0.416 e. The second-order valence-corrected chi connectivity index (χ2v) is 6.71. The van der Waals surface area contributed by atoms with Crippen LogP contribution in [0.1, 0.15) is 22.5 Å². The summed E-state index contributed by atoms with van der Waals surface area (Å²) in [5.74, 6) is 0.729. The third-order valence-corrected chi connectivity index (χ3v) is 4.53. The monoisotopic (exact) mass is 418 g/mol. The van der Waals surface area contributed by atoms with Crippen LogP contribution >= 0.6 is 0 Å². The van der Waals surface area contributed by atoms with Crippen molar-refractivity contribution < 1.29 is 22.7 Å². The van der Waals surface area contributed by atoms with Crippen molar-refractivity contribution in [3.8, 4) is 5.75 Å². The maximum atomic E-state index is 12.8. The minimum Gasteiger partial charge on any atom is -0.497 e. The van der Waals surface area contributed by atoms with E-state index in [2.05, 4.69) is 15.7 Å². The first-order valence-electron chi connectivity index (χ1n) is 9.09. The van der Waals surface area contributed by atoms with Crippen molar-refractivity contribution in [1.82, 2.24) is 9.78 Å². The van der Waals surface area contributed by atoms with Crippen molar-refractivity contribution in [3.63, 3.8) is 0 Å². The highest BCUT2D eigenvalue weighted by atomic mass is 19.4. The molecule has 3 aromatic rings. The molecule has 1 heterocycles. The van der Waals surface area contributed by atoms with E-state index in [4.69, 9.17) is 4.74 Å². The number of urea groups is 1. The summed E-state index contributed by atoms with van der Waals surface area (Å²) in [6.45, 7) is 4.02. The fourth-order valence-corrected chi connectivity index (χ4v) is 3.02. The summed E-state index contributed by atoms with van der Waals surface area (Å²) in [7, 11) is 1.59. The van der Waals surface area contributed by atoms with Crippen LogP contribution in [0.5, 0.6) is 5.75 Å². The van der Waals surface area contributed by atoms with E-state index in [9.17, 15) is 18.0 Å². The molecule has 30 heavy (non-hydrogen) atoms. The summed E-state index contributed by atoms with van der Waals surface area (Å²) >= 11 is 0. The van der Waals surface area contributed by atoms with Crippen molar-refractivity contribution in [2.24, 2.45) is 0 Å². The van der Waals surface area contributed by atoms with Crippen LogP contribution in [0.3, 0.4) is 0 Å². The van der Waals surface area contributed by atoms with Gasteiger partial charge in [0, 0.05) is 5.69 Å². The lowest BCUT2D eigenvalue weighted by atomic mass is 10.2. The Morgan fingerprint density at radius 3 is 2.53 bits per heavy atom. The molecule has 0 aliphatic carbocycles. The van der Waals surface area contributed by atoms with Crippen LogP contribution in [-0.2, 0) is 12.7 Å². The highest BCUT2D eigenvalue weighted by Crippen LogP contribution is 2.30. The number of benzene rings is 2. The molecule has 2 amide bonds. The van der Waals surface area contributed by atoms with E-state index in [0.717, 1.165) is 29.1 Å². The van der Waals surface area contributed by atoms with Gasteiger partial charge < -0.3 is 15.4 Å². The zero-order valence-electron chi connectivity index (χ0n) is 16.7. The third kappa shape index (κ3) is 4.91. The van der Waals surface area contributed by atoms with Crippen molar-refractivity contribution >= 4 is 17.4 Å². The molecule has 0 radical (unpaired) electrons. The number of amides is 2. The van der Waals surface area contributed by atoms with E-state index in [0.29, 0.717) is 17.9 Å². The summed E-state index contributed by atoms with van der Waals surface area (Å²) in [5.41, 5.74) is 1.99. The molecule has 0 aliphatic rings. The Morgan fingerprint density at radius 1 is 1.10 bits per heavy atom. The van der Waals surface area contributed by atoms with Crippen molar-refractivity contribution in [2.45, 2.75) is 26.6 Å². The fraction of sp³-hybridized carbons (Fsp3) is 0.238. The van der Waals surface area contributed by atoms with E-state index >= 15 is 0 Å². The van der Waals surface area contributed by atoms with Gasteiger partial charge >= 0.3 is 12.2 Å². The fourth-order valence-electron chi connectivity index (χ4n) is 3.02. The smallest absolute Gasteiger partial charge is 0.416 e. The highest BCUT2D eigenvalue weighted by Gasteiger charge is 2.30. The van der Waals surface area contributed by atoms with Gasteiger partial charge in [-0.25, -0.2) is 4.79 Å². The van der Waals surface area contributed by atoms with E-state index in [1.54, 1.807) is 25.6 Å². The third-order valence-electron chi connectivity index (χ3n) is 4.53. The number of halogens is 3. The zero-order valence-corrected chi connectivity index (χ0v) is 16.7. The van der Waals surface area contributed by atoms with Gasteiger partial charge in [0.25, 0.3) is 0 Å². The highest BCUT2D eigenvalue weighted by molar-refractivity contribution is 6.00. The maximum absolute atomic E-state index is 12.8. The molecule has 1 aromatic heterocycles. The first-order chi connectivity index (χ1) is 14.2. The average Bonchev–Trinajstić information content (AvgIpc) is 2.95. The van der Waals surface area contributed by atoms with Gasteiger partial charge in [-0.3, -0.25) is 4.68 Å². The molecule has 0 spiro atoms. The van der Waals surface area contributed by atoms with Gasteiger partial charge in [-0.05, 0) is 49.7 Å². The summed E-state index contributed by atoms with van der Waals surface area (Å²) in [6.07, 6.45) is -4.48. The Hall–Kier alpha value is -3.49. The Kier molecular flexibility index (Phi) is 6.00. The lowest BCUT2D eigenvalue weighted by molar-refractivity contribution is -0.137. The van der Waals surface area contributed by atoms with Crippen LogP contribution in [0.15, 0.2) is 48.5 Å². The predicted octanol–water partition coefficient (Wildman–Crippen LogP) is 5.22. The van der Waals surface area contributed by atoms with Gasteiger partial charge in [0.2, 0.25) is 0 Å².